The standard InChI is InChI=1S/C8H4F2O4/c9-4-2-1-3(6(11)5(4)10)7(12)8(13)14/h1-2,11H,(H,13,14). The molecule has 0 bridgehead atoms. The first kappa shape index (κ1) is 10.1. The number of phenols is 1. The zero-order valence-corrected chi connectivity index (χ0v) is 6.62. The highest BCUT2D eigenvalue weighted by atomic mass is 19.2. The molecule has 0 aliphatic carbocycles. The van der Waals surface area contributed by atoms with E-state index in [0.717, 1.165) is 0 Å². The van der Waals surface area contributed by atoms with E-state index in [-0.39, 0.29) is 0 Å². The second-order valence-corrected chi connectivity index (χ2v) is 2.39. The normalized spacial score (nSPS) is 9.86. The molecule has 6 heteroatoms. The van der Waals surface area contributed by atoms with Gasteiger partial charge in [-0.2, -0.15) is 4.39 Å². The van der Waals surface area contributed by atoms with Crippen molar-refractivity contribution < 1.29 is 28.6 Å². The van der Waals surface area contributed by atoms with Gasteiger partial charge in [0.05, 0.1) is 5.56 Å². The molecule has 74 valence electrons. The SMILES string of the molecule is O=C(O)C(=O)c1ccc(F)c(F)c1O. The molecule has 0 aliphatic rings. The average molecular weight is 202 g/mol. The maximum absolute atomic E-state index is 12.6. The fourth-order valence-corrected chi connectivity index (χ4v) is 0.838. The van der Waals surface area contributed by atoms with Gasteiger partial charge in [-0.25, -0.2) is 9.18 Å². The van der Waals surface area contributed by atoms with E-state index < -0.39 is 34.7 Å². The maximum atomic E-state index is 12.6. The van der Waals surface area contributed by atoms with Gasteiger partial charge in [0.15, 0.2) is 11.6 Å². The zero-order chi connectivity index (χ0) is 10.9. The van der Waals surface area contributed by atoms with Crippen molar-refractivity contribution in [2.24, 2.45) is 0 Å². The van der Waals surface area contributed by atoms with Gasteiger partial charge in [-0.15, -0.1) is 0 Å². The Hall–Kier alpha value is -1.98. The molecular formula is C8H4F2O4. The lowest BCUT2D eigenvalue weighted by atomic mass is 10.1. The van der Waals surface area contributed by atoms with Gasteiger partial charge in [-0.05, 0) is 12.1 Å². The van der Waals surface area contributed by atoms with Crippen molar-refractivity contribution in [2.45, 2.75) is 0 Å². The van der Waals surface area contributed by atoms with Crippen LogP contribution in [0.1, 0.15) is 10.4 Å². The molecule has 1 aromatic carbocycles. The van der Waals surface area contributed by atoms with E-state index in [4.69, 9.17) is 10.2 Å². The number of hydrogen-bond donors (Lipinski definition) is 2. The minimum Gasteiger partial charge on any atom is -0.504 e. The molecule has 0 atom stereocenters. The van der Waals surface area contributed by atoms with Crippen LogP contribution in [-0.2, 0) is 4.79 Å². The maximum Gasteiger partial charge on any atom is 0.377 e. The number of phenolic OH excluding ortho intramolecular Hbond substituents is 1. The number of carboxylic acid groups (broad SMARTS) is 1. The van der Waals surface area contributed by atoms with Crippen LogP contribution in [0.15, 0.2) is 12.1 Å². The Morgan fingerprint density at radius 1 is 1.21 bits per heavy atom. The molecule has 0 unspecified atom stereocenters. The number of rotatable bonds is 2. The average Bonchev–Trinajstić information content (AvgIpc) is 2.13. The van der Waals surface area contributed by atoms with Gasteiger partial charge in [0.1, 0.15) is 0 Å². The molecule has 0 saturated heterocycles. The molecule has 0 aliphatic heterocycles. The molecule has 14 heavy (non-hydrogen) atoms. The van der Waals surface area contributed by atoms with E-state index in [9.17, 15) is 18.4 Å². The molecule has 0 heterocycles. The number of aliphatic carboxylic acids is 1. The van der Waals surface area contributed by atoms with Crippen molar-refractivity contribution in [1.29, 1.82) is 0 Å². The second kappa shape index (κ2) is 3.41. The topological polar surface area (TPSA) is 74.6 Å². The molecule has 4 nitrogen and oxygen atoms in total. The highest BCUT2D eigenvalue weighted by Gasteiger charge is 2.22. The summed E-state index contributed by atoms with van der Waals surface area (Å²) in [6.07, 6.45) is 0. The van der Waals surface area contributed by atoms with Gasteiger partial charge in [0.2, 0.25) is 5.82 Å². The van der Waals surface area contributed by atoms with Crippen LogP contribution in [0.2, 0.25) is 0 Å². The summed E-state index contributed by atoms with van der Waals surface area (Å²) in [5.74, 6) is -7.65. The van der Waals surface area contributed by atoms with Crippen LogP contribution in [0.5, 0.6) is 5.75 Å². The molecule has 0 aromatic heterocycles. The summed E-state index contributed by atoms with van der Waals surface area (Å²) in [6.45, 7) is 0. The van der Waals surface area contributed by atoms with E-state index in [2.05, 4.69) is 0 Å². The molecular weight excluding hydrogens is 198 g/mol. The monoisotopic (exact) mass is 202 g/mol. The van der Waals surface area contributed by atoms with E-state index >= 15 is 0 Å². The van der Waals surface area contributed by atoms with Crippen molar-refractivity contribution in [1.82, 2.24) is 0 Å². The minimum absolute atomic E-state index is 0.561. The number of benzene rings is 1. The van der Waals surface area contributed by atoms with Crippen molar-refractivity contribution in [2.75, 3.05) is 0 Å². The minimum atomic E-state index is -1.86. The lowest BCUT2D eigenvalue weighted by Crippen LogP contribution is -2.13. The van der Waals surface area contributed by atoms with Gasteiger partial charge in [-0.1, -0.05) is 0 Å². The van der Waals surface area contributed by atoms with Crippen LogP contribution >= 0.6 is 0 Å². The van der Waals surface area contributed by atoms with Crippen LogP contribution in [0.4, 0.5) is 8.78 Å². The molecule has 1 aromatic rings. The Morgan fingerprint density at radius 3 is 2.29 bits per heavy atom. The number of hydrogen-bond acceptors (Lipinski definition) is 3. The van der Waals surface area contributed by atoms with Crippen LogP contribution in [-0.4, -0.2) is 22.0 Å². The van der Waals surface area contributed by atoms with E-state index in [1.54, 1.807) is 0 Å². The van der Waals surface area contributed by atoms with Gasteiger partial charge >= 0.3 is 5.97 Å². The fraction of sp³-hybridized carbons (Fsp3) is 0. The van der Waals surface area contributed by atoms with Crippen LogP contribution in [0.3, 0.4) is 0 Å². The molecule has 0 spiro atoms. The first-order chi connectivity index (χ1) is 6.45. The Bertz CT molecular complexity index is 414. The predicted octanol–water partition coefficient (Wildman–Crippen LogP) is 0.938. The molecule has 0 fully saturated rings. The summed E-state index contributed by atoms with van der Waals surface area (Å²) in [4.78, 5) is 21.0. The predicted molar refractivity (Wildman–Crippen MR) is 40.0 cm³/mol. The highest BCUT2D eigenvalue weighted by Crippen LogP contribution is 2.23. The van der Waals surface area contributed by atoms with Gasteiger partial charge in [0.25, 0.3) is 5.78 Å². The number of aromatic hydroxyl groups is 1. The Balaban J connectivity index is 3.31. The summed E-state index contributed by atoms with van der Waals surface area (Å²) < 4.78 is 25.1. The lowest BCUT2D eigenvalue weighted by molar-refractivity contribution is -0.131. The highest BCUT2D eigenvalue weighted by molar-refractivity contribution is 6.40. The first-order valence-electron chi connectivity index (χ1n) is 3.39. The molecule has 1 rings (SSSR count). The van der Waals surface area contributed by atoms with Crippen LogP contribution in [0.25, 0.3) is 0 Å². The van der Waals surface area contributed by atoms with Gasteiger partial charge < -0.3 is 10.2 Å². The lowest BCUT2D eigenvalue weighted by Gasteiger charge is -2.01. The number of ketones is 1. The van der Waals surface area contributed by atoms with Crippen molar-refractivity contribution in [3.05, 3.63) is 29.3 Å². The van der Waals surface area contributed by atoms with E-state index in [1.165, 1.54) is 0 Å². The number of halogens is 2. The third kappa shape index (κ3) is 1.54. The fourth-order valence-electron chi connectivity index (χ4n) is 0.838. The zero-order valence-electron chi connectivity index (χ0n) is 6.62. The molecule has 0 amide bonds. The van der Waals surface area contributed by atoms with Crippen LogP contribution in [0, 0.1) is 11.6 Å². The van der Waals surface area contributed by atoms with Gasteiger partial charge in [0, 0.05) is 0 Å². The van der Waals surface area contributed by atoms with E-state index in [1.807, 2.05) is 0 Å². The van der Waals surface area contributed by atoms with Crippen LogP contribution < -0.4 is 0 Å². The number of Topliss-reactive ketones (excluding diaryl/α,β-unsaturated/α-hetero) is 1. The van der Waals surface area contributed by atoms with Crippen molar-refractivity contribution in [3.63, 3.8) is 0 Å². The summed E-state index contributed by atoms with van der Waals surface area (Å²) in [5.41, 5.74) is -0.781. The summed E-state index contributed by atoms with van der Waals surface area (Å²) in [7, 11) is 0. The molecule has 0 radical (unpaired) electrons. The van der Waals surface area contributed by atoms with Crippen molar-refractivity contribution >= 4 is 11.8 Å². The van der Waals surface area contributed by atoms with Crippen molar-refractivity contribution in [3.8, 4) is 5.75 Å². The quantitative estimate of drug-likeness (QED) is 0.552. The Morgan fingerprint density at radius 2 is 1.79 bits per heavy atom. The molecule has 2 N–H and O–H groups in total. The van der Waals surface area contributed by atoms with Gasteiger partial charge in [-0.3, -0.25) is 4.79 Å². The third-order valence-electron chi connectivity index (χ3n) is 1.51. The number of carbonyl (C=O) groups excluding carboxylic acids is 1. The first-order valence-corrected chi connectivity index (χ1v) is 3.39. The summed E-state index contributed by atoms with van der Waals surface area (Å²) in [6, 6.07) is 1.26. The number of carbonyl (C=O) groups is 2. The summed E-state index contributed by atoms with van der Waals surface area (Å²) in [5, 5.41) is 17.1. The smallest absolute Gasteiger partial charge is 0.377 e. The van der Waals surface area contributed by atoms with E-state index in [0.29, 0.717) is 12.1 Å². The third-order valence-corrected chi connectivity index (χ3v) is 1.51. The summed E-state index contributed by atoms with van der Waals surface area (Å²) >= 11 is 0. The number of carboxylic acids is 1. The second-order valence-electron chi connectivity index (χ2n) is 2.39. The molecule has 0 saturated carbocycles. The Labute approximate surface area is 76.4 Å². The largest absolute Gasteiger partial charge is 0.504 e. The Kier molecular flexibility index (Phi) is 2.46.